The lowest BCUT2D eigenvalue weighted by atomic mass is 9.98. The maximum Gasteiger partial charge on any atom is 0.195 e. The molecular formula is C7H14BClFN. The molecule has 0 saturated carbocycles. The minimum absolute atomic E-state index is 0.121. The Bertz CT molecular complexity index is 111. The highest BCUT2D eigenvalue weighted by Crippen LogP contribution is 2.19. The summed E-state index contributed by atoms with van der Waals surface area (Å²) >= 11 is 5.45. The van der Waals surface area contributed by atoms with Gasteiger partial charge in [-0.15, -0.1) is 0 Å². The molecule has 11 heavy (non-hydrogen) atoms. The maximum atomic E-state index is 13.0. The fourth-order valence-corrected chi connectivity index (χ4v) is 0.609. The highest BCUT2D eigenvalue weighted by molar-refractivity contribution is 6.22. The first-order chi connectivity index (χ1) is 5.02. The van der Waals surface area contributed by atoms with Crippen LogP contribution < -0.4 is 5.32 Å². The van der Waals surface area contributed by atoms with Gasteiger partial charge in [-0.25, -0.2) is 4.39 Å². The minimum atomic E-state index is -1.62. The van der Waals surface area contributed by atoms with E-state index >= 15 is 0 Å². The van der Waals surface area contributed by atoms with Crippen LogP contribution in [-0.2, 0) is 0 Å². The molecule has 1 nitrogen and oxygen atoms in total. The van der Waals surface area contributed by atoms with Crippen LogP contribution in [0.3, 0.4) is 0 Å². The normalized spacial score (nSPS) is 19.3. The Labute approximate surface area is 74.1 Å². The first-order valence-electron chi connectivity index (χ1n) is 3.83. The smallest absolute Gasteiger partial charge is 0.195 e. The second kappa shape index (κ2) is 4.99. The molecule has 1 N–H and O–H groups in total. The van der Waals surface area contributed by atoms with Crippen molar-refractivity contribution in [1.82, 2.24) is 5.32 Å². The van der Waals surface area contributed by atoms with Crippen LogP contribution in [0, 0.1) is 0 Å². The summed E-state index contributed by atoms with van der Waals surface area (Å²) in [5.41, 5.74) is 0. The Morgan fingerprint density at radius 1 is 1.73 bits per heavy atom. The summed E-state index contributed by atoms with van der Waals surface area (Å²) in [7, 11) is 5.31. The molecule has 0 aliphatic rings. The monoisotopic (exact) mass is 177 g/mol. The van der Waals surface area contributed by atoms with Crippen molar-refractivity contribution in [2.24, 2.45) is 0 Å². The molecule has 0 aromatic rings. The van der Waals surface area contributed by atoms with Crippen LogP contribution in [0.5, 0.6) is 0 Å². The predicted molar refractivity (Wildman–Crippen MR) is 48.0 cm³/mol. The van der Waals surface area contributed by atoms with Crippen LogP contribution in [0.4, 0.5) is 4.39 Å². The molecule has 0 spiro atoms. The Hall–Kier alpha value is 0.245. The van der Waals surface area contributed by atoms with Crippen molar-refractivity contribution in [1.29, 1.82) is 0 Å². The molecule has 0 rings (SSSR count). The third-order valence-electron chi connectivity index (χ3n) is 1.58. The minimum Gasteiger partial charge on any atom is -0.311 e. The van der Waals surface area contributed by atoms with Gasteiger partial charge >= 0.3 is 0 Å². The van der Waals surface area contributed by atoms with E-state index in [9.17, 15) is 4.39 Å². The highest BCUT2D eigenvalue weighted by Gasteiger charge is 2.23. The number of alkyl halides is 2. The number of nitrogens with one attached hydrogen (secondary N) is 1. The molecule has 0 amide bonds. The molecule has 0 aliphatic heterocycles. The van der Waals surface area contributed by atoms with Gasteiger partial charge in [0.05, 0.1) is 7.85 Å². The van der Waals surface area contributed by atoms with Crippen LogP contribution >= 0.6 is 11.6 Å². The molecular weight excluding hydrogens is 163 g/mol. The van der Waals surface area contributed by atoms with Gasteiger partial charge in [-0.3, -0.25) is 0 Å². The molecule has 0 aromatic carbocycles. The van der Waals surface area contributed by atoms with E-state index in [0.717, 1.165) is 0 Å². The van der Waals surface area contributed by atoms with Crippen LogP contribution in [0.15, 0.2) is 0 Å². The van der Waals surface area contributed by atoms with E-state index < -0.39 is 5.13 Å². The molecule has 2 unspecified atom stereocenters. The quantitative estimate of drug-likeness (QED) is 0.499. The standard InChI is InChI=1S/C7H14BClFN/c1-3-7(9,10)5-11-6(2)4-8/h6,11H,3-5H2,1-2H3. The van der Waals surface area contributed by atoms with Crippen molar-refractivity contribution in [2.75, 3.05) is 6.54 Å². The molecule has 0 aromatic heterocycles. The molecule has 64 valence electrons. The van der Waals surface area contributed by atoms with Gasteiger partial charge in [0, 0.05) is 6.54 Å². The molecule has 0 heterocycles. The third kappa shape index (κ3) is 5.51. The predicted octanol–water partition coefficient (Wildman–Crippen LogP) is 1.87. The van der Waals surface area contributed by atoms with Gasteiger partial charge in [-0.2, -0.15) is 0 Å². The topological polar surface area (TPSA) is 12.0 Å². The fraction of sp³-hybridized carbons (Fsp3) is 1.00. The highest BCUT2D eigenvalue weighted by atomic mass is 35.5. The lowest BCUT2D eigenvalue weighted by Gasteiger charge is -2.19. The van der Waals surface area contributed by atoms with Gasteiger partial charge in [0.15, 0.2) is 5.13 Å². The number of hydrogen-bond acceptors (Lipinski definition) is 1. The number of hydrogen-bond donors (Lipinski definition) is 1. The number of halogens is 2. The van der Waals surface area contributed by atoms with Crippen molar-refractivity contribution in [3.05, 3.63) is 0 Å². The molecule has 0 saturated heterocycles. The van der Waals surface area contributed by atoms with E-state index in [1.165, 1.54) is 0 Å². The van der Waals surface area contributed by atoms with Crippen LogP contribution in [0.1, 0.15) is 20.3 Å². The van der Waals surface area contributed by atoms with Crippen LogP contribution in [0.2, 0.25) is 6.32 Å². The summed E-state index contributed by atoms with van der Waals surface area (Å²) in [5, 5.41) is 1.27. The molecule has 0 bridgehead atoms. The van der Waals surface area contributed by atoms with Crippen LogP contribution in [-0.4, -0.2) is 25.6 Å². The van der Waals surface area contributed by atoms with Gasteiger partial charge in [-0.05, 0) is 12.5 Å². The fourth-order valence-electron chi connectivity index (χ4n) is 0.532. The van der Waals surface area contributed by atoms with Crippen LogP contribution in [0.25, 0.3) is 0 Å². The zero-order chi connectivity index (χ0) is 8.91. The largest absolute Gasteiger partial charge is 0.311 e. The van der Waals surface area contributed by atoms with Gasteiger partial charge < -0.3 is 5.32 Å². The van der Waals surface area contributed by atoms with E-state index in [4.69, 9.17) is 19.4 Å². The first-order valence-corrected chi connectivity index (χ1v) is 4.21. The summed E-state index contributed by atoms with van der Waals surface area (Å²) in [6, 6.07) is 0.121. The summed E-state index contributed by atoms with van der Waals surface area (Å²) in [6.07, 6.45) is 0.801. The Morgan fingerprint density at radius 2 is 2.27 bits per heavy atom. The molecule has 2 atom stereocenters. The van der Waals surface area contributed by atoms with E-state index in [2.05, 4.69) is 5.32 Å². The summed E-state index contributed by atoms with van der Waals surface area (Å²) in [4.78, 5) is 0. The molecule has 2 radical (unpaired) electrons. The maximum absolute atomic E-state index is 13.0. The van der Waals surface area contributed by atoms with Gasteiger partial charge in [0.25, 0.3) is 0 Å². The van der Waals surface area contributed by atoms with Gasteiger partial charge in [0.1, 0.15) is 0 Å². The van der Waals surface area contributed by atoms with Gasteiger partial charge in [-0.1, -0.05) is 31.8 Å². The third-order valence-corrected chi connectivity index (χ3v) is 1.98. The van der Waals surface area contributed by atoms with E-state index in [1.807, 2.05) is 6.92 Å². The molecule has 0 aliphatic carbocycles. The second-order valence-corrected chi connectivity index (χ2v) is 3.40. The zero-order valence-corrected chi connectivity index (χ0v) is 7.79. The summed E-state index contributed by atoms with van der Waals surface area (Å²) in [5.74, 6) is 0. The second-order valence-electron chi connectivity index (χ2n) is 2.73. The zero-order valence-electron chi connectivity index (χ0n) is 7.03. The summed E-state index contributed by atoms with van der Waals surface area (Å²) in [6.45, 7) is 3.76. The van der Waals surface area contributed by atoms with Crippen molar-refractivity contribution in [3.63, 3.8) is 0 Å². The first kappa shape index (κ1) is 11.2. The lowest BCUT2D eigenvalue weighted by molar-refractivity contribution is 0.253. The Balaban J connectivity index is 3.52. The van der Waals surface area contributed by atoms with E-state index in [0.29, 0.717) is 12.7 Å². The average Bonchev–Trinajstić information content (AvgIpc) is 2.00. The van der Waals surface area contributed by atoms with Crippen molar-refractivity contribution >= 4 is 19.4 Å². The lowest BCUT2D eigenvalue weighted by Crippen LogP contribution is -2.36. The molecule has 4 heteroatoms. The molecule has 0 fully saturated rings. The van der Waals surface area contributed by atoms with Gasteiger partial charge in [0.2, 0.25) is 0 Å². The Morgan fingerprint density at radius 3 is 2.64 bits per heavy atom. The van der Waals surface area contributed by atoms with E-state index in [1.54, 1.807) is 6.92 Å². The SMILES string of the molecule is [B]CC(C)NCC(F)(Cl)CC. The average molecular weight is 177 g/mol. The number of rotatable bonds is 5. The summed E-state index contributed by atoms with van der Waals surface area (Å²) < 4.78 is 13.0. The Kier molecular flexibility index (Phi) is 5.10. The van der Waals surface area contributed by atoms with Crippen molar-refractivity contribution < 1.29 is 4.39 Å². The van der Waals surface area contributed by atoms with Crippen molar-refractivity contribution in [3.8, 4) is 0 Å². The van der Waals surface area contributed by atoms with E-state index in [-0.39, 0.29) is 12.6 Å². The van der Waals surface area contributed by atoms with Crippen molar-refractivity contribution in [2.45, 2.75) is 37.8 Å².